The van der Waals surface area contributed by atoms with Gasteiger partial charge in [-0.15, -0.1) is 0 Å². The fraction of sp³-hybridized carbons (Fsp3) is 0.364. The van der Waals surface area contributed by atoms with E-state index in [0.29, 0.717) is 30.3 Å². The minimum Gasteiger partial charge on any atom is -0.492 e. The van der Waals surface area contributed by atoms with Crippen LogP contribution < -0.4 is 19.7 Å². The van der Waals surface area contributed by atoms with Gasteiger partial charge in [0, 0.05) is 11.1 Å². The van der Waals surface area contributed by atoms with Gasteiger partial charge in [-0.05, 0) is 37.3 Å². The molecule has 0 saturated heterocycles. The van der Waals surface area contributed by atoms with Crippen molar-refractivity contribution >= 4 is 23.2 Å². The second-order valence-electron chi connectivity index (χ2n) is 7.88. The van der Waals surface area contributed by atoms with Crippen molar-refractivity contribution in [1.29, 1.82) is 0 Å². The molecule has 2 aromatic rings. The molecule has 2 aromatic carbocycles. The minimum atomic E-state index is -0.510. The molecule has 3 rings (SSSR count). The summed E-state index contributed by atoms with van der Waals surface area (Å²) >= 11 is 0. The summed E-state index contributed by atoms with van der Waals surface area (Å²) in [7, 11) is 0. The third-order valence-electron chi connectivity index (χ3n) is 4.45. The van der Waals surface area contributed by atoms with Crippen molar-refractivity contribution in [2.45, 2.75) is 27.7 Å². The van der Waals surface area contributed by atoms with Crippen LogP contribution in [0.2, 0.25) is 0 Å². The monoisotopic (exact) mass is 382 g/mol. The number of benzene rings is 2. The number of hydrogen-bond acceptors (Lipinski definition) is 4. The Kier molecular flexibility index (Phi) is 5.58. The van der Waals surface area contributed by atoms with Crippen molar-refractivity contribution < 1.29 is 19.1 Å². The molecule has 1 aliphatic heterocycles. The van der Waals surface area contributed by atoms with Gasteiger partial charge in [0.15, 0.2) is 6.61 Å². The number of anilines is 2. The molecular formula is C22H26N2O4. The maximum Gasteiger partial charge on any atom is 0.265 e. The summed E-state index contributed by atoms with van der Waals surface area (Å²) in [5.74, 6) is 1.14. The van der Waals surface area contributed by atoms with E-state index in [0.717, 1.165) is 11.3 Å². The van der Waals surface area contributed by atoms with Gasteiger partial charge in [0.05, 0.1) is 12.2 Å². The summed E-state index contributed by atoms with van der Waals surface area (Å²) < 4.78 is 11.3. The van der Waals surface area contributed by atoms with Gasteiger partial charge in [-0.25, -0.2) is 0 Å². The van der Waals surface area contributed by atoms with Crippen molar-refractivity contribution in [2.24, 2.45) is 5.41 Å². The van der Waals surface area contributed by atoms with Gasteiger partial charge in [0.1, 0.15) is 18.1 Å². The van der Waals surface area contributed by atoms with Crippen molar-refractivity contribution in [3.63, 3.8) is 0 Å². The smallest absolute Gasteiger partial charge is 0.265 e. The Morgan fingerprint density at radius 3 is 2.57 bits per heavy atom. The number of carbonyl (C=O) groups excluding carboxylic acids is 2. The van der Waals surface area contributed by atoms with Crippen LogP contribution in [0, 0.1) is 12.3 Å². The first-order chi connectivity index (χ1) is 13.2. The molecule has 6 nitrogen and oxygen atoms in total. The first kappa shape index (κ1) is 19.7. The highest BCUT2D eigenvalue weighted by Crippen LogP contribution is 2.35. The molecule has 0 spiro atoms. The molecule has 0 atom stereocenters. The van der Waals surface area contributed by atoms with Crippen LogP contribution in [0.4, 0.5) is 11.4 Å². The Labute approximate surface area is 165 Å². The second kappa shape index (κ2) is 7.92. The van der Waals surface area contributed by atoms with E-state index in [1.807, 2.05) is 52.0 Å². The van der Waals surface area contributed by atoms with Crippen LogP contribution in [-0.4, -0.2) is 31.6 Å². The molecule has 1 N–H and O–H groups in total. The Bertz CT molecular complexity index is 869. The van der Waals surface area contributed by atoms with E-state index in [2.05, 4.69) is 5.32 Å². The molecule has 0 bridgehead atoms. The van der Waals surface area contributed by atoms with Gasteiger partial charge in [-0.2, -0.15) is 0 Å². The highest BCUT2D eigenvalue weighted by molar-refractivity contribution is 6.00. The van der Waals surface area contributed by atoms with Gasteiger partial charge >= 0.3 is 0 Å². The van der Waals surface area contributed by atoms with E-state index in [1.54, 1.807) is 23.1 Å². The third kappa shape index (κ3) is 4.63. The number of nitrogens with one attached hydrogen (secondary N) is 1. The van der Waals surface area contributed by atoms with E-state index >= 15 is 0 Å². The number of fused-ring (bicyclic) bond motifs is 1. The molecule has 2 amide bonds. The summed E-state index contributed by atoms with van der Waals surface area (Å²) in [6, 6.07) is 13.1. The van der Waals surface area contributed by atoms with E-state index < -0.39 is 5.41 Å². The predicted octanol–water partition coefficient (Wildman–Crippen LogP) is 3.78. The maximum absolute atomic E-state index is 12.4. The van der Waals surface area contributed by atoms with Crippen LogP contribution in [-0.2, 0) is 9.59 Å². The summed E-state index contributed by atoms with van der Waals surface area (Å²) in [4.78, 5) is 26.3. The third-order valence-corrected chi connectivity index (χ3v) is 4.45. The van der Waals surface area contributed by atoms with Crippen molar-refractivity contribution in [3.05, 3.63) is 48.0 Å². The topological polar surface area (TPSA) is 67.9 Å². The van der Waals surface area contributed by atoms with Crippen molar-refractivity contribution in [3.8, 4) is 11.5 Å². The lowest BCUT2D eigenvalue weighted by atomic mass is 9.95. The SMILES string of the molecule is Cc1ccc(OCCN2C(=O)COc3ccc(NC(=O)C(C)(C)C)cc32)cc1. The van der Waals surface area contributed by atoms with E-state index in [4.69, 9.17) is 9.47 Å². The van der Waals surface area contributed by atoms with Crippen molar-refractivity contribution in [1.82, 2.24) is 0 Å². The van der Waals surface area contributed by atoms with E-state index in [1.165, 1.54) is 0 Å². The first-order valence-electron chi connectivity index (χ1n) is 9.32. The zero-order valence-corrected chi connectivity index (χ0v) is 16.7. The quantitative estimate of drug-likeness (QED) is 0.854. The second-order valence-corrected chi connectivity index (χ2v) is 7.88. The molecule has 6 heteroatoms. The van der Waals surface area contributed by atoms with Gasteiger partial charge in [-0.3, -0.25) is 9.59 Å². The number of aryl methyl sites for hydroxylation is 1. The van der Waals surface area contributed by atoms with Crippen LogP contribution >= 0.6 is 0 Å². The number of carbonyl (C=O) groups is 2. The van der Waals surface area contributed by atoms with Crippen LogP contribution in [0.25, 0.3) is 0 Å². The Morgan fingerprint density at radius 2 is 1.89 bits per heavy atom. The van der Waals surface area contributed by atoms with Crippen LogP contribution in [0.5, 0.6) is 11.5 Å². The highest BCUT2D eigenvalue weighted by atomic mass is 16.5. The molecule has 1 heterocycles. The van der Waals surface area contributed by atoms with Crippen molar-refractivity contribution in [2.75, 3.05) is 30.0 Å². The lowest BCUT2D eigenvalue weighted by molar-refractivity contribution is -0.123. The van der Waals surface area contributed by atoms with Gasteiger partial charge < -0.3 is 19.7 Å². The molecule has 1 aliphatic rings. The Morgan fingerprint density at radius 1 is 1.18 bits per heavy atom. The zero-order valence-electron chi connectivity index (χ0n) is 16.7. The number of nitrogens with zero attached hydrogens (tertiary/aromatic N) is 1. The molecule has 0 unspecified atom stereocenters. The number of rotatable bonds is 5. The number of amides is 2. The lowest BCUT2D eigenvalue weighted by Gasteiger charge is -2.30. The summed E-state index contributed by atoms with van der Waals surface area (Å²) in [6.45, 7) is 8.30. The number of hydrogen-bond donors (Lipinski definition) is 1. The predicted molar refractivity (Wildman–Crippen MR) is 109 cm³/mol. The van der Waals surface area contributed by atoms with E-state index in [-0.39, 0.29) is 18.4 Å². The van der Waals surface area contributed by atoms with Gasteiger partial charge in [0.2, 0.25) is 5.91 Å². The highest BCUT2D eigenvalue weighted by Gasteiger charge is 2.27. The fourth-order valence-corrected chi connectivity index (χ4v) is 2.73. The van der Waals surface area contributed by atoms with Crippen LogP contribution in [0.3, 0.4) is 0 Å². The molecule has 148 valence electrons. The van der Waals surface area contributed by atoms with Gasteiger partial charge in [-0.1, -0.05) is 38.5 Å². The van der Waals surface area contributed by atoms with Gasteiger partial charge in [0.25, 0.3) is 5.91 Å². The zero-order chi connectivity index (χ0) is 20.3. The molecular weight excluding hydrogens is 356 g/mol. The normalized spacial score (nSPS) is 13.6. The minimum absolute atomic E-state index is 0.00870. The molecule has 0 fully saturated rings. The van der Waals surface area contributed by atoms with Crippen LogP contribution in [0.15, 0.2) is 42.5 Å². The number of ether oxygens (including phenoxy) is 2. The summed E-state index contributed by atoms with van der Waals surface area (Å²) in [5.41, 5.74) is 1.91. The molecule has 28 heavy (non-hydrogen) atoms. The maximum atomic E-state index is 12.4. The Hall–Kier alpha value is -3.02. The molecule has 0 radical (unpaired) electrons. The molecule has 0 aliphatic carbocycles. The Balaban J connectivity index is 1.72. The van der Waals surface area contributed by atoms with E-state index in [9.17, 15) is 9.59 Å². The lowest BCUT2D eigenvalue weighted by Crippen LogP contribution is -2.41. The average Bonchev–Trinajstić information content (AvgIpc) is 2.64. The molecule has 0 saturated carbocycles. The first-order valence-corrected chi connectivity index (χ1v) is 9.32. The molecule has 0 aromatic heterocycles. The average molecular weight is 382 g/mol. The van der Waals surface area contributed by atoms with Crippen LogP contribution in [0.1, 0.15) is 26.3 Å². The fourth-order valence-electron chi connectivity index (χ4n) is 2.73. The standard InChI is InChI=1S/C22H26N2O4/c1-15-5-8-17(9-6-15)27-12-11-24-18-13-16(23-21(26)22(2,3)4)7-10-19(18)28-14-20(24)25/h5-10,13H,11-12,14H2,1-4H3,(H,23,26). The largest absolute Gasteiger partial charge is 0.492 e. The summed E-state index contributed by atoms with van der Waals surface area (Å²) in [5, 5.41) is 2.89. The summed E-state index contributed by atoms with van der Waals surface area (Å²) in [6.07, 6.45) is 0.